The van der Waals surface area contributed by atoms with Crippen molar-refractivity contribution in [2.24, 2.45) is 5.92 Å². The summed E-state index contributed by atoms with van der Waals surface area (Å²) in [4.78, 5) is 28.7. The number of likely N-dealkylation sites (N-methyl/N-ethyl adjacent to an activating group) is 2. The standard InChI is InChI=1S/C20H28N2O3/c1-14-8-4-7-11-16(14)18-19(25-13-17(23)22(18)3)20(24)21(2)12-15-9-5-6-10-15/h4,7-8,11,15,18-19H,5-6,9-10,12-13H2,1-3H3/t18-,19+/m1/s1. The molecule has 0 radical (unpaired) electrons. The van der Waals surface area contributed by atoms with E-state index in [0.717, 1.165) is 17.7 Å². The molecule has 2 aliphatic rings. The Hall–Kier alpha value is -1.88. The van der Waals surface area contributed by atoms with Crippen molar-refractivity contribution in [3.63, 3.8) is 0 Å². The van der Waals surface area contributed by atoms with Crippen molar-refractivity contribution in [3.8, 4) is 0 Å². The summed E-state index contributed by atoms with van der Waals surface area (Å²) in [5.74, 6) is 0.476. The van der Waals surface area contributed by atoms with Crippen molar-refractivity contribution >= 4 is 11.8 Å². The summed E-state index contributed by atoms with van der Waals surface area (Å²) in [6.45, 7) is 2.75. The van der Waals surface area contributed by atoms with Crippen molar-refractivity contribution in [1.82, 2.24) is 9.80 Å². The number of morpholine rings is 1. The first-order valence-corrected chi connectivity index (χ1v) is 9.17. The second-order valence-electron chi connectivity index (χ2n) is 7.41. The van der Waals surface area contributed by atoms with Gasteiger partial charge in [0.05, 0.1) is 6.04 Å². The van der Waals surface area contributed by atoms with Gasteiger partial charge in [0.2, 0.25) is 5.91 Å². The number of rotatable bonds is 4. The molecule has 0 aromatic heterocycles. The molecule has 1 aliphatic heterocycles. The summed E-state index contributed by atoms with van der Waals surface area (Å²) in [5, 5.41) is 0. The van der Waals surface area contributed by atoms with Gasteiger partial charge in [0.1, 0.15) is 6.61 Å². The lowest BCUT2D eigenvalue weighted by Gasteiger charge is -2.40. The Morgan fingerprint density at radius 1 is 1.28 bits per heavy atom. The van der Waals surface area contributed by atoms with Gasteiger partial charge in [-0.2, -0.15) is 0 Å². The lowest BCUT2D eigenvalue weighted by molar-refractivity contribution is -0.167. The van der Waals surface area contributed by atoms with Gasteiger partial charge in [-0.15, -0.1) is 0 Å². The molecular formula is C20H28N2O3. The summed E-state index contributed by atoms with van der Waals surface area (Å²) >= 11 is 0. The van der Waals surface area contributed by atoms with Gasteiger partial charge in [0.25, 0.3) is 5.91 Å². The Morgan fingerprint density at radius 3 is 2.64 bits per heavy atom. The Labute approximate surface area is 149 Å². The van der Waals surface area contributed by atoms with Gasteiger partial charge in [-0.1, -0.05) is 37.1 Å². The van der Waals surface area contributed by atoms with E-state index in [4.69, 9.17) is 4.74 Å². The highest BCUT2D eigenvalue weighted by Crippen LogP contribution is 2.32. The van der Waals surface area contributed by atoms with Crippen LogP contribution in [0, 0.1) is 12.8 Å². The molecule has 2 atom stereocenters. The first-order valence-electron chi connectivity index (χ1n) is 9.17. The van der Waals surface area contributed by atoms with Crippen LogP contribution in [0.4, 0.5) is 0 Å². The van der Waals surface area contributed by atoms with Crippen LogP contribution in [-0.4, -0.2) is 55.0 Å². The van der Waals surface area contributed by atoms with Crippen LogP contribution in [0.15, 0.2) is 24.3 Å². The lowest BCUT2D eigenvalue weighted by Crippen LogP contribution is -2.53. The first kappa shape index (κ1) is 17.9. The fourth-order valence-electron chi connectivity index (χ4n) is 4.10. The van der Waals surface area contributed by atoms with Crippen LogP contribution in [0.1, 0.15) is 42.9 Å². The molecule has 0 bridgehead atoms. The number of amides is 2. The molecule has 0 unspecified atom stereocenters. The van der Waals surface area contributed by atoms with Crippen molar-refractivity contribution in [2.75, 3.05) is 27.2 Å². The highest BCUT2D eigenvalue weighted by molar-refractivity contribution is 5.86. The minimum Gasteiger partial charge on any atom is -0.356 e. The molecule has 1 aromatic carbocycles. The van der Waals surface area contributed by atoms with Crippen LogP contribution < -0.4 is 0 Å². The summed E-state index contributed by atoms with van der Waals surface area (Å²) in [6, 6.07) is 7.52. The van der Waals surface area contributed by atoms with Crippen LogP contribution in [0.3, 0.4) is 0 Å². The third-order valence-electron chi connectivity index (χ3n) is 5.62. The van der Waals surface area contributed by atoms with E-state index in [9.17, 15) is 9.59 Å². The number of hydrogen-bond acceptors (Lipinski definition) is 3. The maximum absolute atomic E-state index is 13.1. The number of benzene rings is 1. The SMILES string of the molecule is Cc1ccccc1[C@@H]1[C@@H](C(=O)N(C)CC2CCCC2)OCC(=O)N1C. The van der Waals surface area contributed by atoms with Gasteiger partial charge in [-0.25, -0.2) is 0 Å². The normalized spacial score (nSPS) is 24.6. The van der Waals surface area contributed by atoms with E-state index < -0.39 is 6.10 Å². The molecule has 5 heteroatoms. The zero-order chi connectivity index (χ0) is 18.0. The molecule has 1 aromatic rings. The molecule has 3 rings (SSSR count). The fourth-order valence-corrected chi connectivity index (χ4v) is 4.10. The van der Waals surface area contributed by atoms with Gasteiger partial charge in [-0.05, 0) is 36.8 Å². The minimum atomic E-state index is -0.643. The molecule has 2 amide bonds. The third-order valence-corrected chi connectivity index (χ3v) is 5.62. The van der Waals surface area contributed by atoms with E-state index in [1.807, 2.05) is 38.2 Å². The first-order chi connectivity index (χ1) is 12.0. The minimum absolute atomic E-state index is 0.0282. The van der Waals surface area contributed by atoms with Crippen molar-refractivity contribution in [3.05, 3.63) is 35.4 Å². The van der Waals surface area contributed by atoms with E-state index in [2.05, 4.69) is 0 Å². The number of carbonyl (C=O) groups is 2. The van der Waals surface area contributed by atoms with Crippen molar-refractivity contribution in [1.29, 1.82) is 0 Å². The second kappa shape index (κ2) is 7.56. The fraction of sp³-hybridized carbons (Fsp3) is 0.600. The number of hydrogen-bond donors (Lipinski definition) is 0. The Bertz CT molecular complexity index is 640. The van der Waals surface area contributed by atoms with Crippen LogP contribution in [-0.2, 0) is 14.3 Å². The molecule has 2 fully saturated rings. The molecule has 5 nitrogen and oxygen atoms in total. The summed E-state index contributed by atoms with van der Waals surface area (Å²) < 4.78 is 5.75. The van der Waals surface area contributed by atoms with Gasteiger partial charge < -0.3 is 14.5 Å². The van der Waals surface area contributed by atoms with Gasteiger partial charge in [0, 0.05) is 20.6 Å². The number of aryl methyl sites for hydroxylation is 1. The topological polar surface area (TPSA) is 49.9 Å². The van der Waals surface area contributed by atoms with Crippen molar-refractivity contribution < 1.29 is 14.3 Å². The zero-order valence-electron chi connectivity index (χ0n) is 15.4. The Kier molecular flexibility index (Phi) is 5.42. The third kappa shape index (κ3) is 3.71. The van der Waals surface area contributed by atoms with Crippen LogP contribution in [0.25, 0.3) is 0 Å². The maximum atomic E-state index is 13.1. The molecule has 1 saturated heterocycles. The van der Waals surface area contributed by atoms with Gasteiger partial charge in [0.15, 0.2) is 6.10 Å². The van der Waals surface area contributed by atoms with Crippen LogP contribution >= 0.6 is 0 Å². The van der Waals surface area contributed by atoms with Crippen LogP contribution in [0.2, 0.25) is 0 Å². The zero-order valence-corrected chi connectivity index (χ0v) is 15.4. The quantitative estimate of drug-likeness (QED) is 0.843. The molecule has 136 valence electrons. The highest BCUT2D eigenvalue weighted by Gasteiger charge is 2.42. The predicted molar refractivity (Wildman–Crippen MR) is 96.0 cm³/mol. The molecule has 25 heavy (non-hydrogen) atoms. The number of nitrogens with zero attached hydrogens (tertiary/aromatic N) is 2. The average Bonchev–Trinajstić information content (AvgIpc) is 3.10. The highest BCUT2D eigenvalue weighted by atomic mass is 16.5. The Balaban J connectivity index is 1.82. The van der Waals surface area contributed by atoms with Gasteiger partial charge in [-0.3, -0.25) is 9.59 Å². The summed E-state index contributed by atoms with van der Waals surface area (Å²) in [7, 11) is 3.62. The number of carbonyl (C=O) groups excluding carboxylic acids is 2. The summed E-state index contributed by atoms with van der Waals surface area (Å²) in [5.41, 5.74) is 2.04. The lowest BCUT2D eigenvalue weighted by atomic mass is 9.93. The van der Waals surface area contributed by atoms with Crippen LogP contribution in [0.5, 0.6) is 0 Å². The molecular weight excluding hydrogens is 316 g/mol. The Morgan fingerprint density at radius 2 is 1.96 bits per heavy atom. The second-order valence-corrected chi connectivity index (χ2v) is 7.41. The number of ether oxygens (including phenoxy) is 1. The molecule has 1 aliphatic carbocycles. The van der Waals surface area contributed by atoms with E-state index >= 15 is 0 Å². The average molecular weight is 344 g/mol. The van der Waals surface area contributed by atoms with E-state index in [1.165, 1.54) is 25.7 Å². The van der Waals surface area contributed by atoms with E-state index in [1.54, 1.807) is 16.8 Å². The van der Waals surface area contributed by atoms with Crippen molar-refractivity contribution in [2.45, 2.75) is 44.8 Å². The molecule has 1 saturated carbocycles. The summed E-state index contributed by atoms with van der Waals surface area (Å²) in [6.07, 6.45) is 4.27. The van der Waals surface area contributed by atoms with E-state index in [-0.39, 0.29) is 24.5 Å². The molecule has 0 N–H and O–H groups in total. The van der Waals surface area contributed by atoms with E-state index in [0.29, 0.717) is 5.92 Å². The largest absolute Gasteiger partial charge is 0.356 e. The van der Waals surface area contributed by atoms with Gasteiger partial charge >= 0.3 is 0 Å². The monoisotopic (exact) mass is 344 g/mol. The molecule has 0 spiro atoms. The molecule has 1 heterocycles. The predicted octanol–water partition coefficient (Wildman–Crippen LogP) is 2.54. The maximum Gasteiger partial charge on any atom is 0.253 e. The smallest absolute Gasteiger partial charge is 0.253 e.